The van der Waals surface area contributed by atoms with Crippen molar-refractivity contribution >= 4 is 11.9 Å². The summed E-state index contributed by atoms with van der Waals surface area (Å²) in [6, 6.07) is 0. The van der Waals surface area contributed by atoms with E-state index in [4.69, 9.17) is 9.47 Å². The Morgan fingerprint density at radius 3 is 2.87 bits per heavy atom. The number of hydrogen-bond donors (Lipinski definition) is 0. The summed E-state index contributed by atoms with van der Waals surface area (Å²) in [5.41, 5.74) is 1.20. The molecule has 2 saturated heterocycles. The largest absolute Gasteiger partial charge is 0.393 e. The summed E-state index contributed by atoms with van der Waals surface area (Å²) in [6.07, 6.45) is 10.4. The van der Waals surface area contributed by atoms with E-state index < -0.39 is 0 Å². The molecule has 1 unspecified atom stereocenters. The Morgan fingerprint density at radius 1 is 1.17 bits per heavy atom. The van der Waals surface area contributed by atoms with E-state index in [0.717, 1.165) is 6.42 Å². The van der Waals surface area contributed by atoms with Crippen molar-refractivity contribution in [1.82, 2.24) is 0 Å². The van der Waals surface area contributed by atoms with Crippen LogP contribution in [0.15, 0.2) is 36.5 Å². The number of cyclic esters (lactones) is 2. The molecule has 4 nitrogen and oxygen atoms in total. The Balaban J connectivity index is 1.60. The summed E-state index contributed by atoms with van der Waals surface area (Å²) < 4.78 is 11.1. The first-order chi connectivity index (χ1) is 11.2. The lowest BCUT2D eigenvalue weighted by atomic mass is 9.65. The van der Waals surface area contributed by atoms with Gasteiger partial charge in [0.2, 0.25) is 0 Å². The number of rotatable bonds is 1. The zero-order chi connectivity index (χ0) is 15.7. The molecule has 0 radical (unpaired) electrons. The molecule has 0 aromatic heterocycles. The van der Waals surface area contributed by atoms with Crippen molar-refractivity contribution < 1.29 is 19.1 Å². The van der Waals surface area contributed by atoms with Gasteiger partial charge in [-0.05, 0) is 48.0 Å². The third-order valence-corrected chi connectivity index (χ3v) is 6.75. The van der Waals surface area contributed by atoms with E-state index in [2.05, 4.69) is 24.8 Å². The third kappa shape index (κ3) is 1.70. The fourth-order valence-corrected chi connectivity index (χ4v) is 5.83. The molecule has 8 atom stereocenters. The second-order valence-electron chi connectivity index (χ2n) is 7.53. The fraction of sp³-hybridized carbons (Fsp3) is 0.579. The number of allylic oxidation sites excluding steroid dienone is 3. The number of ether oxygens (including phenoxy) is 2. The molecule has 5 aliphatic rings. The second kappa shape index (κ2) is 4.67. The fourth-order valence-electron chi connectivity index (χ4n) is 5.83. The van der Waals surface area contributed by atoms with Crippen molar-refractivity contribution in [3.63, 3.8) is 0 Å². The van der Waals surface area contributed by atoms with Gasteiger partial charge in [-0.2, -0.15) is 0 Å². The van der Waals surface area contributed by atoms with Crippen molar-refractivity contribution in [2.24, 2.45) is 41.4 Å². The van der Waals surface area contributed by atoms with E-state index in [1.54, 1.807) is 0 Å². The van der Waals surface area contributed by atoms with Crippen molar-refractivity contribution in [2.45, 2.75) is 18.9 Å². The highest BCUT2D eigenvalue weighted by atomic mass is 16.6. The van der Waals surface area contributed by atoms with Crippen LogP contribution < -0.4 is 0 Å². The van der Waals surface area contributed by atoms with E-state index in [0.29, 0.717) is 36.7 Å². The second-order valence-corrected chi connectivity index (χ2v) is 7.53. The average Bonchev–Trinajstić information content (AvgIpc) is 3.16. The van der Waals surface area contributed by atoms with Crippen molar-refractivity contribution in [2.75, 3.05) is 6.61 Å². The molecule has 2 heterocycles. The molecule has 0 aromatic rings. The van der Waals surface area contributed by atoms with Gasteiger partial charge in [-0.1, -0.05) is 24.3 Å². The molecular weight excluding hydrogens is 292 g/mol. The summed E-state index contributed by atoms with van der Waals surface area (Å²) in [5, 5.41) is 0. The lowest BCUT2D eigenvalue weighted by Crippen LogP contribution is -2.37. The molecule has 2 aliphatic heterocycles. The van der Waals surface area contributed by atoms with Crippen molar-refractivity contribution in [1.29, 1.82) is 0 Å². The maximum Gasteiger partial charge on any atom is 0.318 e. The summed E-state index contributed by atoms with van der Waals surface area (Å²) in [6.45, 7) is 4.58. The molecule has 0 N–H and O–H groups in total. The van der Waals surface area contributed by atoms with Gasteiger partial charge >= 0.3 is 11.9 Å². The first-order valence-corrected chi connectivity index (χ1v) is 8.56. The van der Waals surface area contributed by atoms with Gasteiger partial charge in [-0.25, -0.2) is 0 Å². The number of carbonyl (C=O) groups is 2. The van der Waals surface area contributed by atoms with Gasteiger partial charge in [0.1, 0.15) is 0 Å². The van der Waals surface area contributed by atoms with Crippen LogP contribution in [0.3, 0.4) is 0 Å². The van der Waals surface area contributed by atoms with Crippen LogP contribution in [0.4, 0.5) is 0 Å². The predicted molar refractivity (Wildman–Crippen MR) is 81.9 cm³/mol. The third-order valence-electron chi connectivity index (χ3n) is 6.75. The quantitative estimate of drug-likeness (QED) is 0.423. The zero-order valence-corrected chi connectivity index (χ0v) is 12.9. The maximum absolute atomic E-state index is 12.4. The van der Waals surface area contributed by atoms with E-state index in [9.17, 15) is 9.59 Å². The van der Waals surface area contributed by atoms with Crippen LogP contribution in [-0.2, 0) is 19.1 Å². The van der Waals surface area contributed by atoms with Crippen LogP contribution in [0, 0.1) is 41.4 Å². The first-order valence-electron chi connectivity index (χ1n) is 8.56. The Hall–Kier alpha value is -1.68. The summed E-state index contributed by atoms with van der Waals surface area (Å²) >= 11 is 0. The van der Waals surface area contributed by atoms with E-state index in [1.807, 2.05) is 6.08 Å². The molecule has 3 aliphatic carbocycles. The lowest BCUT2D eigenvalue weighted by molar-refractivity contribution is -0.154. The minimum absolute atomic E-state index is 0.0926. The number of carbonyl (C=O) groups excluding carboxylic acids is 2. The maximum atomic E-state index is 12.4. The summed E-state index contributed by atoms with van der Waals surface area (Å²) in [7, 11) is 0. The first kappa shape index (κ1) is 13.7. The highest BCUT2D eigenvalue weighted by Crippen LogP contribution is 2.58. The highest BCUT2D eigenvalue weighted by Gasteiger charge is 2.59. The van der Waals surface area contributed by atoms with Crippen LogP contribution >= 0.6 is 0 Å². The van der Waals surface area contributed by atoms with Crippen LogP contribution in [0.5, 0.6) is 0 Å². The van der Waals surface area contributed by atoms with Crippen LogP contribution in [0.2, 0.25) is 0 Å². The van der Waals surface area contributed by atoms with Crippen LogP contribution in [-0.4, -0.2) is 24.6 Å². The molecule has 0 spiro atoms. The monoisotopic (exact) mass is 312 g/mol. The van der Waals surface area contributed by atoms with E-state index in [-0.39, 0.29) is 35.8 Å². The van der Waals surface area contributed by atoms with Crippen LogP contribution in [0.25, 0.3) is 0 Å². The molecule has 0 aromatic carbocycles. The topological polar surface area (TPSA) is 52.6 Å². The summed E-state index contributed by atoms with van der Waals surface area (Å²) in [4.78, 5) is 24.4. The normalized spacial score (nSPS) is 49.8. The minimum atomic E-state index is -0.337. The molecule has 3 fully saturated rings. The zero-order valence-electron chi connectivity index (χ0n) is 12.9. The van der Waals surface area contributed by atoms with E-state index in [1.165, 1.54) is 5.57 Å². The van der Waals surface area contributed by atoms with Gasteiger partial charge in [0.25, 0.3) is 0 Å². The standard InChI is InChI=1S/C19H20O4/c1-2-9-7-13-15-10(8-22-14-6-5-11(9)16(13)14)3-4-12-17(15)19(21)23-18(12)20/h2-3,5-6,9,11-17H,1,4,7-8H2/t9-,11-,12+,13-,14-,15?,16-,17+/m0/s1. The Morgan fingerprint density at radius 2 is 2.04 bits per heavy atom. The van der Waals surface area contributed by atoms with Crippen molar-refractivity contribution in [3.05, 3.63) is 36.5 Å². The van der Waals surface area contributed by atoms with Gasteiger partial charge < -0.3 is 9.47 Å². The lowest BCUT2D eigenvalue weighted by Gasteiger charge is -2.35. The van der Waals surface area contributed by atoms with E-state index >= 15 is 0 Å². The average molecular weight is 312 g/mol. The smallest absolute Gasteiger partial charge is 0.318 e. The Labute approximate surface area is 135 Å². The Bertz CT molecular complexity index is 660. The molecule has 5 rings (SSSR count). The number of fused-ring (bicyclic) bond motifs is 4. The number of esters is 2. The molecule has 23 heavy (non-hydrogen) atoms. The van der Waals surface area contributed by atoms with Gasteiger partial charge in [0, 0.05) is 0 Å². The Kier molecular flexibility index (Phi) is 2.79. The molecule has 0 amide bonds. The molecule has 1 saturated carbocycles. The highest BCUT2D eigenvalue weighted by molar-refractivity contribution is 5.97. The molecular formula is C19H20O4. The van der Waals surface area contributed by atoms with Crippen molar-refractivity contribution in [3.8, 4) is 0 Å². The van der Waals surface area contributed by atoms with Gasteiger partial charge in [0.15, 0.2) is 0 Å². The van der Waals surface area contributed by atoms with Gasteiger partial charge in [-0.3, -0.25) is 9.59 Å². The predicted octanol–water partition coefficient (Wildman–Crippen LogP) is 2.27. The SMILES string of the molecule is C=C[C@H]1C[C@H]2C3C(=CC[C@H]4C(=O)OC(=O)[C@@H]34)CO[C@H]3C=C[C@@H]1[C@H]32. The van der Waals surface area contributed by atoms with Gasteiger partial charge in [0.05, 0.1) is 24.5 Å². The minimum Gasteiger partial charge on any atom is -0.393 e. The molecule has 4 heteroatoms. The van der Waals surface area contributed by atoms with Gasteiger partial charge in [-0.15, -0.1) is 6.58 Å². The number of hydrogen-bond acceptors (Lipinski definition) is 4. The molecule has 120 valence electrons. The summed E-state index contributed by atoms with van der Waals surface area (Å²) in [5.74, 6) is 0.491. The van der Waals surface area contributed by atoms with Crippen LogP contribution in [0.1, 0.15) is 12.8 Å². The molecule has 0 bridgehead atoms.